The minimum absolute atomic E-state index is 0.0217. The highest BCUT2D eigenvalue weighted by molar-refractivity contribution is 7.89. The molecule has 1 saturated heterocycles. The van der Waals surface area contributed by atoms with Crippen molar-refractivity contribution in [3.63, 3.8) is 0 Å². The van der Waals surface area contributed by atoms with Crippen molar-refractivity contribution in [3.8, 4) is 5.75 Å². The summed E-state index contributed by atoms with van der Waals surface area (Å²) in [7, 11) is -3.78. The summed E-state index contributed by atoms with van der Waals surface area (Å²) in [5.74, 6) is -0.920. The normalized spacial score (nSPS) is 19.4. The summed E-state index contributed by atoms with van der Waals surface area (Å²) in [5.41, 5.74) is 0.782. The molecule has 1 fully saturated rings. The van der Waals surface area contributed by atoms with E-state index in [1.54, 1.807) is 16.8 Å². The van der Waals surface area contributed by atoms with Crippen LogP contribution in [0.15, 0.2) is 47.4 Å². The molecule has 0 radical (unpaired) electrons. The number of fused-ring (bicyclic) bond motifs is 1. The number of aromatic nitrogens is 2. The molecule has 1 N–H and O–H groups in total. The first-order chi connectivity index (χ1) is 15.6. The fourth-order valence-corrected chi connectivity index (χ4v) is 5.99. The van der Waals surface area contributed by atoms with E-state index >= 15 is 0 Å². The van der Waals surface area contributed by atoms with Gasteiger partial charge in [0.2, 0.25) is 10.0 Å². The standard InChI is InChI=1S/C23H26FN3O5S/c1-14(2)32-18-5-7-19(8-6-18)33(30,31)26-13-17(10-15(26)3)27-22-11-16(24)4-9-20(22)21(25-27)12-23(28)29/h4-9,11,14-15,17H,10,12-13H2,1-3H3,(H,28,29)/t15-,17+/m1/s1. The van der Waals surface area contributed by atoms with Gasteiger partial charge in [0.15, 0.2) is 0 Å². The van der Waals surface area contributed by atoms with E-state index in [0.717, 1.165) is 0 Å². The first-order valence-corrected chi connectivity index (χ1v) is 12.2. The maximum atomic E-state index is 14.0. The monoisotopic (exact) mass is 475 g/mol. The van der Waals surface area contributed by atoms with Crippen LogP contribution in [-0.4, -0.2) is 52.3 Å². The van der Waals surface area contributed by atoms with Crippen LogP contribution in [0.5, 0.6) is 5.75 Å². The lowest BCUT2D eigenvalue weighted by molar-refractivity contribution is -0.136. The van der Waals surface area contributed by atoms with E-state index < -0.39 is 21.8 Å². The van der Waals surface area contributed by atoms with E-state index in [0.29, 0.717) is 28.8 Å². The van der Waals surface area contributed by atoms with Gasteiger partial charge in [0, 0.05) is 18.0 Å². The summed E-state index contributed by atoms with van der Waals surface area (Å²) < 4.78 is 49.2. The van der Waals surface area contributed by atoms with Crippen molar-refractivity contribution >= 4 is 26.9 Å². The predicted molar refractivity (Wildman–Crippen MR) is 120 cm³/mol. The zero-order chi connectivity index (χ0) is 23.9. The molecule has 2 atom stereocenters. The van der Waals surface area contributed by atoms with Crippen molar-refractivity contribution in [3.05, 3.63) is 54.0 Å². The number of benzene rings is 2. The zero-order valence-electron chi connectivity index (χ0n) is 18.6. The summed E-state index contributed by atoms with van der Waals surface area (Å²) in [6.45, 7) is 5.75. The molecule has 1 aromatic heterocycles. The molecule has 0 bridgehead atoms. The van der Waals surface area contributed by atoms with Gasteiger partial charge in [-0.2, -0.15) is 9.40 Å². The van der Waals surface area contributed by atoms with Gasteiger partial charge in [0.25, 0.3) is 0 Å². The van der Waals surface area contributed by atoms with Gasteiger partial charge in [-0.25, -0.2) is 12.8 Å². The van der Waals surface area contributed by atoms with Crippen LogP contribution in [0.4, 0.5) is 4.39 Å². The number of ether oxygens (including phenoxy) is 1. The summed E-state index contributed by atoms with van der Waals surface area (Å²) in [4.78, 5) is 11.4. The molecule has 33 heavy (non-hydrogen) atoms. The Morgan fingerprint density at radius 1 is 1.24 bits per heavy atom. The molecule has 4 rings (SSSR count). The van der Waals surface area contributed by atoms with Crippen molar-refractivity contribution in [2.45, 2.75) is 56.7 Å². The summed E-state index contributed by atoms with van der Waals surface area (Å²) in [6, 6.07) is 9.73. The third-order valence-corrected chi connectivity index (χ3v) is 7.70. The van der Waals surface area contributed by atoms with Crippen molar-refractivity contribution in [2.75, 3.05) is 6.54 Å². The van der Waals surface area contributed by atoms with Crippen molar-refractivity contribution in [1.29, 1.82) is 0 Å². The second kappa shape index (κ2) is 8.75. The Morgan fingerprint density at radius 2 is 1.94 bits per heavy atom. The zero-order valence-corrected chi connectivity index (χ0v) is 19.4. The number of carbonyl (C=O) groups is 1. The molecule has 0 saturated carbocycles. The van der Waals surface area contributed by atoms with Crippen molar-refractivity contribution in [1.82, 2.24) is 14.1 Å². The molecule has 176 valence electrons. The average molecular weight is 476 g/mol. The number of hydrogen-bond donors (Lipinski definition) is 1. The van der Waals surface area contributed by atoms with Gasteiger partial charge in [-0.05, 0) is 69.7 Å². The van der Waals surface area contributed by atoms with E-state index in [4.69, 9.17) is 4.74 Å². The smallest absolute Gasteiger partial charge is 0.309 e. The SMILES string of the molecule is CC(C)Oc1ccc(S(=O)(=O)N2C[C@@H](n3nc(CC(=O)O)c4ccc(F)cc43)C[C@H]2C)cc1. The van der Waals surface area contributed by atoms with Crippen LogP contribution >= 0.6 is 0 Å². The molecule has 0 spiro atoms. The first kappa shape index (κ1) is 23.2. The molecule has 8 nitrogen and oxygen atoms in total. The van der Waals surface area contributed by atoms with Gasteiger partial charge in [-0.1, -0.05) is 0 Å². The molecule has 0 amide bonds. The molecule has 0 aliphatic carbocycles. The van der Waals surface area contributed by atoms with Gasteiger partial charge in [0.1, 0.15) is 11.6 Å². The molecule has 1 aliphatic heterocycles. The minimum atomic E-state index is -3.78. The largest absolute Gasteiger partial charge is 0.491 e. The fraction of sp³-hybridized carbons (Fsp3) is 0.391. The van der Waals surface area contributed by atoms with E-state index in [1.807, 2.05) is 20.8 Å². The highest BCUT2D eigenvalue weighted by Crippen LogP contribution is 2.35. The first-order valence-electron chi connectivity index (χ1n) is 10.7. The third-order valence-electron chi connectivity index (χ3n) is 5.71. The predicted octanol–water partition coefficient (Wildman–Crippen LogP) is 3.61. The lowest BCUT2D eigenvalue weighted by Crippen LogP contribution is -2.34. The maximum absolute atomic E-state index is 14.0. The molecule has 1 aliphatic rings. The Labute approximate surface area is 191 Å². The Morgan fingerprint density at radius 3 is 2.58 bits per heavy atom. The van der Waals surface area contributed by atoms with Gasteiger partial charge in [-0.3, -0.25) is 9.48 Å². The lowest BCUT2D eigenvalue weighted by atomic mass is 10.1. The lowest BCUT2D eigenvalue weighted by Gasteiger charge is -2.21. The summed E-state index contributed by atoms with van der Waals surface area (Å²) in [5, 5.41) is 14.2. The molecule has 10 heteroatoms. The molecular formula is C23H26FN3O5S. The van der Waals surface area contributed by atoms with Crippen LogP contribution in [0.3, 0.4) is 0 Å². The minimum Gasteiger partial charge on any atom is -0.491 e. The quantitative estimate of drug-likeness (QED) is 0.560. The van der Waals surface area contributed by atoms with E-state index in [-0.39, 0.29) is 36.0 Å². The molecular weight excluding hydrogens is 449 g/mol. The van der Waals surface area contributed by atoms with Gasteiger partial charge < -0.3 is 9.84 Å². The number of hydrogen-bond acceptors (Lipinski definition) is 5. The van der Waals surface area contributed by atoms with Crippen LogP contribution in [0.25, 0.3) is 10.9 Å². The Balaban J connectivity index is 1.64. The van der Waals surface area contributed by atoms with Crippen molar-refractivity contribution < 1.29 is 27.4 Å². The molecule has 2 aromatic carbocycles. The number of carboxylic acids is 1. The highest BCUT2D eigenvalue weighted by atomic mass is 32.2. The number of sulfonamides is 1. The second-order valence-electron chi connectivity index (χ2n) is 8.57. The maximum Gasteiger partial charge on any atom is 0.309 e. The number of nitrogens with zero attached hydrogens (tertiary/aromatic N) is 3. The van der Waals surface area contributed by atoms with Crippen LogP contribution in [0.1, 0.15) is 38.9 Å². The third kappa shape index (κ3) is 4.58. The highest BCUT2D eigenvalue weighted by Gasteiger charge is 2.39. The molecule has 2 heterocycles. The topological polar surface area (TPSA) is 102 Å². The Kier molecular flexibility index (Phi) is 6.15. The summed E-state index contributed by atoms with van der Waals surface area (Å²) in [6.07, 6.45) is 0.143. The fourth-order valence-electron chi connectivity index (χ4n) is 4.31. The van der Waals surface area contributed by atoms with Gasteiger partial charge in [0.05, 0.1) is 34.7 Å². The number of aliphatic carboxylic acids is 1. The van der Waals surface area contributed by atoms with Crippen LogP contribution in [0.2, 0.25) is 0 Å². The average Bonchev–Trinajstić information content (AvgIpc) is 3.28. The van der Waals surface area contributed by atoms with E-state index in [2.05, 4.69) is 5.10 Å². The summed E-state index contributed by atoms with van der Waals surface area (Å²) >= 11 is 0. The van der Waals surface area contributed by atoms with Crippen LogP contribution in [-0.2, 0) is 21.2 Å². The van der Waals surface area contributed by atoms with E-state index in [1.165, 1.54) is 34.6 Å². The molecule has 0 unspecified atom stereocenters. The van der Waals surface area contributed by atoms with Crippen LogP contribution in [0, 0.1) is 5.82 Å². The second-order valence-corrected chi connectivity index (χ2v) is 10.5. The van der Waals surface area contributed by atoms with Crippen molar-refractivity contribution in [2.24, 2.45) is 0 Å². The van der Waals surface area contributed by atoms with Gasteiger partial charge in [-0.15, -0.1) is 0 Å². The number of halogens is 1. The number of rotatable bonds is 7. The van der Waals surface area contributed by atoms with Gasteiger partial charge >= 0.3 is 5.97 Å². The Hall–Kier alpha value is -2.98. The molecule has 3 aromatic rings. The van der Waals surface area contributed by atoms with Crippen LogP contribution < -0.4 is 4.74 Å². The van der Waals surface area contributed by atoms with E-state index in [9.17, 15) is 22.7 Å². The number of carboxylic acid groups (broad SMARTS) is 1. The Bertz CT molecular complexity index is 1290.